The number of likely N-dealkylation sites (tertiary alicyclic amines) is 1. The van der Waals surface area contributed by atoms with Crippen LogP contribution < -0.4 is 5.32 Å². The highest BCUT2D eigenvalue weighted by Crippen LogP contribution is 2.32. The average Bonchev–Trinajstić information content (AvgIpc) is 3.05. The summed E-state index contributed by atoms with van der Waals surface area (Å²) in [7, 11) is 0. The molecule has 0 bridgehead atoms. The maximum Gasteiger partial charge on any atom is 0.410 e. The van der Waals surface area contributed by atoms with Crippen molar-refractivity contribution in [3.05, 3.63) is 64.6 Å². The summed E-state index contributed by atoms with van der Waals surface area (Å²) < 4.78 is 6.23. The number of benzene rings is 2. The standard InChI is InChI=1S/C20H21BrN2O3/c1-20(18(24)22-17-11-6-5-10-16(17)21)12-7-13-23(20)19(25)26-14-15-8-3-2-4-9-15/h2-6,8-11H,7,12-14H2,1H3,(H,22,24). The number of hydrogen-bond donors (Lipinski definition) is 1. The van der Waals surface area contributed by atoms with E-state index in [9.17, 15) is 9.59 Å². The van der Waals surface area contributed by atoms with Crippen molar-refractivity contribution in [1.29, 1.82) is 0 Å². The molecule has 1 heterocycles. The molecule has 0 aliphatic carbocycles. The van der Waals surface area contributed by atoms with E-state index in [4.69, 9.17) is 4.74 Å². The van der Waals surface area contributed by atoms with E-state index in [1.165, 1.54) is 4.90 Å². The van der Waals surface area contributed by atoms with Crippen molar-refractivity contribution in [1.82, 2.24) is 4.90 Å². The molecule has 5 nitrogen and oxygen atoms in total. The quantitative estimate of drug-likeness (QED) is 0.793. The number of ether oxygens (including phenoxy) is 1. The van der Waals surface area contributed by atoms with E-state index in [1.807, 2.05) is 54.6 Å². The second kappa shape index (κ2) is 7.91. The van der Waals surface area contributed by atoms with Crippen molar-refractivity contribution in [3.8, 4) is 0 Å². The molecule has 1 unspecified atom stereocenters. The largest absolute Gasteiger partial charge is 0.445 e. The lowest BCUT2D eigenvalue weighted by Gasteiger charge is -2.33. The summed E-state index contributed by atoms with van der Waals surface area (Å²) >= 11 is 3.43. The number of nitrogens with one attached hydrogen (secondary N) is 1. The van der Waals surface area contributed by atoms with Crippen LogP contribution in [0.3, 0.4) is 0 Å². The van der Waals surface area contributed by atoms with Crippen LogP contribution in [0.4, 0.5) is 10.5 Å². The Kier molecular flexibility index (Phi) is 5.61. The second-order valence-corrected chi connectivity index (χ2v) is 7.36. The van der Waals surface area contributed by atoms with Gasteiger partial charge in [-0.1, -0.05) is 42.5 Å². The number of rotatable bonds is 4. The van der Waals surface area contributed by atoms with E-state index < -0.39 is 11.6 Å². The normalized spacial score (nSPS) is 19.2. The highest BCUT2D eigenvalue weighted by molar-refractivity contribution is 9.10. The molecule has 1 aliphatic rings. The maximum absolute atomic E-state index is 12.9. The van der Waals surface area contributed by atoms with Crippen LogP contribution in [-0.2, 0) is 16.1 Å². The van der Waals surface area contributed by atoms with Crippen LogP contribution in [0.25, 0.3) is 0 Å². The summed E-state index contributed by atoms with van der Waals surface area (Å²) in [5.74, 6) is -0.210. The molecule has 2 aromatic rings. The van der Waals surface area contributed by atoms with Gasteiger partial charge in [0.2, 0.25) is 5.91 Å². The predicted molar refractivity (Wildman–Crippen MR) is 104 cm³/mol. The molecule has 0 saturated carbocycles. The molecule has 1 saturated heterocycles. The summed E-state index contributed by atoms with van der Waals surface area (Å²) in [6.45, 7) is 2.49. The zero-order valence-corrected chi connectivity index (χ0v) is 16.2. The summed E-state index contributed by atoms with van der Waals surface area (Å²) in [6.07, 6.45) is 0.903. The van der Waals surface area contributed by atoms with E-state index in [0.29, 0.717) is 18.7 Å². The van der Waals surface area contributed by atoms with Gasteiger partial charge in [-0.3, -0.25) is 9.69 Å². The van der Waals surface area contributed by atoms with Gasteiger partial charge < -0.3 is 10.1 Å². The molecule has 0 spiro atoms. The topological polar surface area (TPSA) is 58.6 Å². The minimum Gasteiger partial charge on any atom is -0.445 e. The van der Waals surface area contributed by atoms with Gasteiger partial charge in [0.15, 0.2) is 0 Å². The fraction of sp³-hybridized carbons (Fsp3) is 0.300. The van der Waals surface area contributed by atoms with E-state index in [-0.39, 0.29) is 12.5 Å². The lowest BCUT2D eigenvalue weighted by Crippen LogP contribution is -2.53. The van der Waals surface area contributed by atoms with Crippen molar-refractivity contribution in [2.45, 2.75) is 31.9 Å². The third-order valence-electron chi connectivity index (χ3n) is 4.68. The molecule has 0 aromatic heterocycles. The maximum atomic E-state index is 12.9. The van der Waals surface area contributed by atoms with Crippen molar-refractivity contribution in [2.75, 3.05) is 11.9 Å². The van der Waals surface area contributed by atoms with Gasteiger partial charge in [0, 0.05) is 11.0 Å². The Morgan fingerprint density at radius 1 is 1.15 bits per heavy atom. The molecule has 136 valence electrons. The van der Waals surface area contributed by atoms with E-state index in [0.717, 1.165) is 16.5 Å². The first kappa shape index (κ1) is 18.5. The van der Waals surface area contributed by atoms with Gasteiger partial charge in [-0.05, 0) is 53.4 Å². The SMILES string of the molecule is CC1(C(=O)Nc2ccccc2Br)CCCN1C(=O)OCc1ccccc1. The van der Waals surface area contributed by atoms with Gasteiger partial charge in [0.1, 0.15) is 12.1 Å². The van der Waals surface area contributed by atoms with Crippen LogP contribution >= 0.6 is 15.9 Å². The van der Waals surface area contributed by atoms with Gasteiger partial charge in [-0.2, -0.15) is 0 Å². The summed E-state index contributed by atoms with van der Waals surface area (Å²) in [4.78, 5) is 27.0. The van der Waals surface area contributed by atoms with Gasteiger partial charge in [0.25, 0.3) is 0 Å². The lowest BCUT2D eigenvalue weighted by molar-refractivity contribution is -0.125. The summed E-state index contributed by atoms with van der Waals surface area (Å²) in [5.41, 5.74) is 0.672. The number of para-hydroxylation sites is 1. The third-order valence-corrected chi connectivity index (χ3v) is 5.37. The first-order valence-corrected chi connectivity index (χ1v) is 9.34. The average molecular weight is 417 g/mol. The Balaban J connectivity index is 1.68. The first-order chi connectivity index (χ1) is 12.5. The molecule has 1 fully saturated rings. The van der Waals surface area contributed by atoms with Gasteiger partial charge >= 0.3 is 6.09 Å². The molecule has 26 heavy (non-hydrogen) atoms. The van der Waals surface area contributed by atoms with Crippen LogP contribution in [0, 0.1) is 0 Å². The Labute approximate surface area is 161 Å². The molecule has 2 aromatic carbocycles. The Bertz CT molecular complexity index is 797. The molecule has 0 radical (unpaired) electrons. The number of hydrogen-bond acceptors (Lipinski definition) is 3. The smallest absolute Gasteiger partial charge is 0.410 e. The molecule has 6 heteroatoms. The fourth-order valence-corrected chi connectivity index (χ4v) is 3.49. The van der Waals surface area contributed by atoms with E-state index >= 15 is 0 Å². The van der Waals surface area contributed by atoms with E-state index in [2.05, 4.69) is 21.2 Å². The molecule has 3 rings (SSSR count). The summed E-state index contributed by atoms with van der Waals surface area (Å²) in [5, 5.41) is 2.92. The number of halogens is 1. The van der Waals surface area contributed by atoms with Crippen LogP contribution in [0.2, 0.25) is 0 Å². The molecule has 1 aliphatic heterocycles. The molecule has 1 N–H and O–H groups in total. The van der Waals surface area contributed by atoms with Crippen molar-refractivity contribution >= 4 is 33.6 Å². The number of nitrogens with zero attached hydrogens (tertiary/aromatic N) is 1. The minimum atomic E-state index is -0.928. The van der Waals surface area contributed by atoms with Gasteiger partial charge in [-0.25, -0.2) is 4.79 Å². The molecule has 2 amide bonds. The van der Waals surface area contributed by atoms with Crippen molar-refractivity contribution in [2.24, 2.45) is 0 Å². The minimum absolute atomic E-state index is 0.193. The van der Waals surface area contributed by atoms with Crippen LogP contribution in [0.1, 0.15) is 25.3 Å². The van der Waals surface area contributed by atoms with Crippen LogP contribution in [0.5, 0.6) is 0 Å². The fourth-order valence-electron chi connectivity index (χ4n) is 3.11. The predicted octanol–water partition coefficient (Wildman–Crippen LogP) is 4.58. The number of anilines is 1. The highest BCUT2D eigenvalue weighted by atomic mass is 79.9. The molecular formula is C20H21BrN2O3. The zero-order chi connectivity index (χ0) is 18.6. The first-order valence-electron chi connectivity index (χ1n) is 8.55. The third kappa shape index (κ3) is 3.90. The van der Waals surface area contributed by atoms with E-state index in [1.54, 1.807) is 6.92 Å². The zero-order valence-electron chi connectivity index (χ0n) is 14.6. The van der Waals surface area contributed by atoms with Gasteiger partial charge in [-0.15, -0.1) is 0 Å². The monoisotopic (exact) mass is 416 g/mol. The Hall–Kier alpha value is -2.34. The summed E-state index contributed by atoms with van der Waals surface area (Å²) in [6, 6.07) is 16.9. The number of carbonyl (C=O) groups excluding carboxylic acids is 2. The Morgan fingerprint density at radius 2 is 1.85 bits per heavy atom. The number of carbonyl (C=O) groups is 2. The van der Waals surface area contributed by atoms with Crippen molar-refractivity contribution in [3.63, 3.8) is 0 Å². The van der Waals surface area contributed by atoms with Crippen LogP contribution in [0.15, 0.2) is 59.1 Å². The van der Waals surface area contributed by atoms with Crippen LogP contribution in [-0.4, -0.2) is 29.0 Å². The second-order valence-electron chi connectivity index (χ2n) is 6.50. The lowest BCUT2D eigenvalue weighted by atomic mass is 9.98. The highest BCUT2D eigenvalue weighted by Gasteiger charge is 2.46. The van der Waals surface area contributed by atoms with Crippen molar-refractivity contribution < 1.29 is 14.3 Å². The van der Waals surface area contributed by atoms with Gasteiger partial charge in [0.05, 0.1) is 5.69 Å². The number of amides is 2. The Morgan fingerprint density at radius 3 is 2.58 bits per heavy atom. The molecule has 1 atom stereocenters. The molecular weight excluding hydrogens is 396 g/mol.